The summed E-state index contributed by atoms with van der Waals surface area (Å²) in [6, 6.07) is 3.44. The first-order chi connectivity index (χ1) is 7.74. The smallest absolute Gasteiger partial charge is 0.335 e. The zero-order valence-corrected chi connectivity index (χ0v) is 8.95. The lowest BCUT2D eigenvalue weighted by molar-refractivity contribution is -0.385. The number of aliphatic hydroxyl groups is 1. The molecule has 0 bridgehead atoms. The van der Waals surface area contributed by atoms with Gasteiger partial charge in [0.05, 0.1) is 4.92 Å². The van der Waals surface area contributed by atoms with Crippen LogP contribution in [0, 0.1) is 10.1 Å². The molecule has 7 nitrogen and oxygen atoms in total. The summed E-state index contributed by atoms with van der Waals surface area (Å²) in [5, 5.41) is 37.9. The number of nitro benzene ring substituents is 1. The molecule has 17 heavy (non-hydrogen) atoms. The third-order valence-electron chi connectivity index (χ3n) is 2.25. The third kappa shape index (κ3) is 2.91. The summed E-state index contributed by atoms with van der Waals surface area (Å²) < 4.78 is 0. The number of benzene rings is 1. The number of phenols is 1. The second-order valence-electron chi connectivity index (χ2n) is 3.84. The van der Waals surface area contributed by atoms with Gasteiger partial charge in [-0.3, -0.25) is 10.1 Å². The van der Waals surface area contributed by atoms with Crippen molar-refractivity contribution in [3.05, 3.63) is 33.9 Å². The van der Waals surface area contributed by atoms with Gasteiger partial charge in [-0.2, -0.15) is 0 Å². The summed E-state index contributed by atoms with van der Waals surface area (Å²) in [5.41, 5.74) is -2.28. The number of nitrogens with zero attached hydrogens (tertiary/aromatic N) is 1. The molecule has 1 atom stereocenters. The minimum atomic E-state index is -2.01. The molecule has 1 aromatic carbocycles. The van der Waals surface area contributed by atoms with Gasteiger partial charge in [0.25, 0.3) is 0 Å². The van der Waals surface area contributed by atoms with Gasteiger partial charge in [-0.15, -0.1) is 0 Å². The fourth-order valence-electron chi connectivity index (χ4n) is 1.30. The van der Waals surface area contributed by atoms with Crippen LogP contribution in [-0.4, -0.2) is 31.8 Å². The second-order valence-corrected chi connectivity index (χ2v) is 3.84. The average molecular weight is 241 g/mol. The zero-order chi connectivity index (χ0) is 13.2. The Hall–Kier alpha value is -2.15. The van der Waals surface area contributed by atoms with E-state index in [9.17, 15) is 25.1 Å². The van der Waals surface area contributed by atoms with E-state index in [1.807, 2.05) is 0 Å². The Balaban J connectivity index is 3.05. The van der Waals surface area contributed by atoms with E-state index in [1.54, 1.807) is 0 Å². The van der Waals surface area contributed by atoms with E-state index >= 15 is 0 Å². The molecule has 0 saturated carbocycles. The lowest BCUT2D eigenvalue weighted by Crippen LogP contribution is -2.37. The molecule has 0 amide bonds. The minimum Gasteiger partial charge on any atom is -0.502 e. The molecule has 7 heteroatoms. The highest BCUT2D eigenvalue weighted by Crippen LogP contribution is 2.27. The quantitative estimate of drug-likeness (QED) is 0.526. The fourth-order valence-corrected chi connectivity index (χ4v) is 1.30. The Morgan fingerprint density at radius 3 is 2.59 bits per heavy atom. The van der Waals surface area contributed by atoms with Crippen LogP contribution in [0.25, 0.3) is 0 Å². The van der Waals surface area contributed by atoms with E-state index in [1.165, 1.54) is 6.07 Å². The maximum Gasteiger partial charge on any atom is 0.335 e. The van der Waals surface area contributed by atoms with Crippen LogP contribution in [0.1, 0.15) is 12.5 Å². The predicted octanol–water partition coefficient (Wildman–Crippen LogP) is 0.678. The number of aliphatic carboxylic acids is 1. The molecule has 1 aromatic rings. The van der Waals surface area contributed by atoms with Crippen molar-refractivity contribution in [1.29, 1.82) is 0 Å². The van der Waals surface area contributed by atoms with Crippen molar-refractivity contribution >= 4 is 11.7 Å². The van der Waals surface area contributed by atoms with Crippen molar-refractivity contribution in [2.45, 2.75) is 18.9 Å². The molecule has 0 aliphatic heterocycles. The number of hydrogen-bond donors (Lipinski definition) is 3. The Kier molecular flexibility index (Phi) is 3.33. The normalized spacial score (nSPS) is 14.0. The topological polar surface area (TPSA) is 121 Å². The van der Waals surface area contributed by atoms with E-state index in [0.717, 1.165) is 19.1 Å². The Morgan fingerprint density at radius 1 is 1.53 bits per heavy atom. The number of rotatable bonds is 4. The van der Waals surface area contributed by atoms with Gasteiger partial charge < -0.3 is 15.3 Å². The molecular formula is C10H11NO6. The number of carbonyl (C=O) groups is 1. The maximum absolute atomic E-state index is 10.7. The van der Waals surface area contributed by atoms with Gasteiger partial charge in [0.15, 0.2) is 11.4 Å². The lowest BCUT2D eigenvalue weighted by Gasteiger charge is -2.17. The highest BCUT2D eigenvalue weighted by molar-refractivity contribution is 5.77. The summed E-state index contributed by atoms with van der Waals surface area (Å²) in [7, 11) is 0. The SMILES string of the molecule is CC(O)(Cc1ccc(O)c([N+](=O)[O-])c1)C(=O)O. The first kappa shape index (κ1) is 12.9. The minimum absolute atomic E-state index is 0.252. The second kappa shape index (κ2) is 4.38. The van der Waals surface area contributed by atoms with Crippen molar-refractivity contribution in [3.8, 4) is 5.75 Å². The predicted molar refractivity (Wildman–Crippen MR) is 56.7 cm³/mol. The van der Waals surface area contributed by atoms with Crippen LogP contribution in [0.2, 0.25) is 0 Å². The molecule has 0 saturated heterocycles. The van der Waals surface area contributed by atoms with Crippen LogP contribution in [0.5, 0.6) is 5.75 Å². The number of carboxylic acids is 1. The van der Waals surface area contributed by atoms with Crippen LogP contribution < -0.4 is 0 Å². The Morgan fingerprint density at radius 2 is 2.12 bits per heavy atom. The summed E-state index contributed by atoms with van der Waals surface area (Å²) in [6.07, 6.45) is -0.288. The fraction of sp³-hybridized carbons (Fsp3) is 0.300. The van der Waals surface area contributed by atoms with Crippen LogP contribution in [0.4, 0.5) is 5.69 Å². The maximum atomic E-state index is 10.7. The van der Waals surface area contributed by atoms with Crippen LogP contribution in [-0.2, 0) is 11.2 Å². The monoisotopic (exact) mass is 241 g/mol. The molecule has 0 radical (unpaired) electrons. The summed E-state index contributed by atoms with van der Waals surface area (Å²) in [4.78, 5) is 20.4. The molecule has 0 heterocycles. The summed E-state index contributed by atoms with van der Waals surface area (Å²) in [5.74, 6) is -1.93. The van der Waals surface area contributed by atoms with E-state index in [-0.39, 0.29) is 12.0 Å². The first-order valence-corrected chi connectivity index (χ1v) is 4.66. The van der Waals surface area contributed by atoms with E-state index in [0.29, 0.717) is 0 Å². The van der Waals surface area contributed by atoms with E-state index in [2.05, 4.69) is 0 Å². The van der Waals surface area contributed by atoms with Crippen molar-refractivity contribution in [3.63, 3.8) is 0 Å². The largest absolute Gasteiger partial charge is 0.502 e. The standard InChI is InChI=1S/C10H11NO6/c1-10(15,9(13)14)5-6-2-3-8(12)7(4-6)11(16)17/h2-4,12,15H,5H2,1H3,(H,13,14). The van der Waals surface area contributed by atoms with Gasteiger partial charge in [0.1, 0.15) is 0 Å². The molecule has 1 rings (SSSR count). The van der Waals surface area contributed by atoms with Crippen molar-refractivity contribution in [2.24, 2.45) is 0 Å². The number of hydrogen-bond acceptors (Lipinski definition) is 5. The van der Waals surface area contributed by atoms with Gasteiger partial charge in [0, 0.05) is 12.5 Å². The lowest BCUT2D eigenvalue weighted by atomic mass is 9.96. The summed E-state index contributed by atoms with van der Waals surface area (Å²) >= 11 is 0. The average Bonchev–Trinajstić information content (AvgIpc) is 2.20. The van der Waals surface area contributed by atoms with Crippen LogP contribution >= 0.6 is 0 Å². The van der Waals surface area contributed by atoms with Crippen molar-refractivity contribution in [1.82, 2.24) is 0 Å². The molecule has 0 aliphatic rings. The van der Waals surface area contributed by atoms with Crippen molar-refractivity contribution in [2.75, 3.05) is 0 Å². The van der Waals surface area contributed by atoms with Crippen molar-refractivity contribution < 1.29 is 25.0 Å². The molecule has 1 unspecified atom stereocenters. The molecule has 0 spiro atoms. The Labute approximate surface area is 96.1 Å². The molecular weight excluding hydrogens is 230 g/mol. The van der Waals surface area contributed by atoms with E-state index in [4.69, 9.17) is 5.11 Å². The van der Waals surface area contributed by atoms with Crippen LogP contribution in [0.3, 0.4) is 0 Å². The highest BCUT2D eigenvalue weighted by Gasteiger charge is 2.30. The number of phenolic OH excluding ortho intramolecular Hbond substituents is 1. The van der Waals surface area contributed by atoms with Gasteiger partial charge in [-0.05, 0) is 18.6 Å². The summed E-state index contributed by atoms with van der Waals surface area (Å²) in [6.45, 7) is 1.09. The molecule has 3 N–H and O–H groups in total. The van der Waals surface area contributed by atoms with Crippen LogP contribution in [0.15, 0.2) is 18.2 Å². The molecule has 0 fully saturated rings. The van der Waals surface area contributed by atoms with Gasteiger partial charge >= 0.3 is 11.7 Å². The molecule has 0 aliphatic carbocycles. The number of aromatic hydroxyl groups is 1. The first-order valence-electron chi connectivity index (χ1n) is 4.66. The number of nitro groups is 1. The van der Waals surface area contributed by atoms with Gasteiger partial charge in [-0.1, -0.05) is 6.07 Å². The Bertz CT molecular complexity index is 468. The number of carboxylic acid groups (broad SMARTS) is 1. The molecule has 0 aromatic heterocycles. The van der Waals surface area contributed by atoms with E-state index < -0.39 is 27.9 Å². The van der Waals surface area contributed by atoms with Gasteiger partial charge in [-0.25, -0.2) is 4.79 Å². The molecule has 92 valence electrons. The third-order valence-corrected chi connectivity index (χ3v) is 2.25. The van der Waals surface area contributed by atoms with Gasteiger partial charge in [0.2, 0.25) is 0 Å². The highest BCUT2D eigenvalue weighted by atomic mass is 16.6. The zero-order valence-electron chi connectivity index (χ0n) is 8.95.